The Balaban J connectivity index is 1.38. The van der Waals surface area contributed by atoms with Crippen LogP contribution in [0.4, 0.5) is 21.5 Å². The molecule has 8 heteroatoms. The van der Waals surface area contributed by atoms with Gasteiger partial charge >= 0.3 is 0 Å². The molecular weight excluding hydrogens is 441 g/mol. The van der Waals surface area contributed by atoms with Crippen molar-refractivity contribution in [3.05, 3.63) is 88.7 Å². The smallest absolute Gasteiger partial charge is 0.296 e. The summed E-state index contributed by atoms with van der Waals surface area (Å²) in [6, 6.07) is 19.5. The molecule has 2 heterocycles. The fraction of sp³-hybridized carbons (Fsp3) is 0.200. The number of fused-ring (bicyclic) bond motifs is 2. The summed E-state index contributed by atoms with van der Waals surface area (Å²) in [4.78, 5) is 19.9. The first kappa shape index (κ1) is 21.4. The summed E-state index contributed by atoms with van der Waals surface area (Å²) in [5, 5.41) is 4.10. The summed E-state index contributed by atoms with van der Waals surface area (Å²) in [6.45, 7) is 2.75. The van der Waals surface area contributed by atoms with Gasteiger partial charge in [0.15, 0.2) is 0 Å². The van der Waals surface area contributed by atoms with E-state index in [1.54, 1.807) is 12.1 Å². The van der Waals surface area contributed by atoms with Crippen LogP contribution in [0.2, 0.25) is 5.02 Å². The average molecular weight is 465 g/mol. The average Bonchev–Trinajstić information content (AvgIpc) is 2.96. The number of carbonyl (C=O) groups excluding carboxylic acids is 1. The van der Waals surface area contributed by atoms with E-state index >= 15 is 0 Å². The SMILES string of the molecule is C[N+]1(NC(=O)c2cccc(F)c2)CCN(C2=Nc3cc(Cl)ccc3Nc3ccccc32)CC1. The number of carbonyl (C=O) groups is 1. The van der Waals surface area contributed by atoms with Crippen molar-refractivity contribution >= 4 is 40.4 Å². The number of nitrogens with zero attached hydrogens (tertiary/aromatic N) is 3. The molecule has 3 aromatic rings. The van der Waals surface area contributed by atoms with Crippen LogP contribution in [0.5, 0.6) is 0 Å². The van der Waals surface area contributed by atoms with Crippen molar-refractivity contribution in [2.24, 2.45) is 4.99 Å². The normalized spacial score (nSPS) is 16.6. The quantitative estimate of drug-likeness (QED) is 0.539. The van der Waals surface area contributed by atoms with E-state index in [0.29, 0.717) is 41.4 Å². The third-order valence-corrected chi connectivity index (χ3v) is 6.34. The number of amides is 1. The molecule has 0 unspecified atom stereocenters. The number of amidine groups is 1. The number of piperazine rings is 1. The van der Waals surface area contributed by atoms with Crippen LogP contribution in [-0.2, 0) is 0 Å². The van der Waals surface area contributed by atoms with Gasteiger partial charge < -0.3 is 10.2 Å². The first-order chi connectivity index (χ1) is 15.9. The molecule has 5 rings (SSSR count). The zero-order valence-electron chi connectivity index (χ0n) is 18.2. The number of likely N-dealkylation sites (N-methyl/N-ethyl adjacent to an activating group) is 1. The van der Waals surface area contributed by atoms with Crippen molar-refractivity contribution in [3.8, 4) is 0 Å². The topological polar surface area (TPSA) is 56.7 Å². The highest BCUT2D eigenvalue weighted by molar-refractivity contribution is 6.31. The molecule has 0 bridgehead atoms. The molecule has 1 amide bonds. The maximum absolute atomic E-state index is 13.5. The van der Waals surface area contributed by atoms with Crippen LogP contribution in [0.25, 0.3) is 0 Å². The van der Waals surface area contributed by atoms with Crippen molar-refractivity contribution in [2.45, 2.75) is 0 Å². The minimum atomic E-state index is -0.422. The van der Waals surface area contributed by atoms with Gasteiger partial charge in [0.25, 0.3) is 5.91 Å². The molecule has 168 valence electrons. The third-order valence-electron chi connectivity index (χ3n) is 6.11. The Morgan fingerprint density at radius 3 is 2.64 bits per heavy atom. The Morgan fingerprint density at radius 2 is 1.85 bits per heavy atom. The minimum absolute atomic E-state index is 0.282. The van der Waals surface area contributed by atoms with Crippen LogP contribution in [-0.4, -0.2) is 54.5 Å². The van der Waals surface area contributed by atoms with Crippen LogP contribution in [0.3, 0.4) is 0 Å². The standard InChI is InChI=1S/C25H23ClFN5O/c1-32(30-25(33)17-5-4-6-19(27)15-17)13-11-31(12-14-32)24-20-7-2-3-8-21(20)28-22-10-9-18(26)16-23(22)29-24/h2-10,15-16H,11-14H2,1H3,(H-,28,29,30,33)/p+1. The molecule has 0 saturated carbocycles. The number of hydrogen-bond donors (Lipinski definition) is 2. The van der Waals surface area contributed by atoms with E-state index in [9.17, 15) is 9.18 Å². The van der Waals surface area contributed by atoms with E-state index in [2.05, 4.69) is 21.7 Å². The lowest BCUT2D eigenvalue weighted by Crippen LogP contribution is -2.65. The number of para-hydroxylation sites is 1. The molecule has 0 aromatic heterocycles. The minimum Gasteiger partial charge on any atom is -0.353 e. The molecule has 0 radical (unpaired) electrons. The second-order valence-corrected chi connectivity index (χ2v) is 8.99. The summed E-state index contributed by atoms with van der Waals surface area (Å²) in [5.41, 5.74) is 7.07. The summed E-state index contributed by atoms with van der Waals surface area (Å²) in [7, 11) is 1.98. The fourth-order valence-corrected chi connectivity index (χ4v) is 4.39. The number of quaternary nitrogens is 1. The van der Waals surface area contributed by atoms with Gasteiger partial charge in [-0.3, -0.25) is 4.79 Å². The van der Waals surface area contributed by atoms with Crippen molar-refractivity contribution < 1.29 is 13.8 Å². The van der Waals surface area contributed by atoms with Gasteiger partial charge in [0.05, 0.1) is 31.5 Å². The van der Waals surface area contributed by atoms with Gasteiger partial charge in [-0.1, -0.05) is 29.8 Å². The Bertz CT molecular complexity index is 1250. The molecule has 1 fully saturated rings. The first-order valence-electron chi connectivity index (χ1n) is 10.8. The van der Waals surface area contributed by atoms with Gasteiger partial charge in [0.2, 0.25) is 0 Å². The van der Waals surface area contributed by atoms with Crippen LogP contribution in [0, 0.1) is 5.82 Å². The van der Waals surface area contributed by atoms with E-state index in [-0.39, 0.29) is 5.91 Å². The van der Waals surface area contributed by atoms with Crippen molar-refractivity contribution in [1.82, 2.24) is 10.3 Å². The first-order valence-corrected chi connectivity index (χ1v) is 11.2. The third kappa shape index (κ3) is 4.42. The molecule has 33 heavy (non-hydrogen) atoms. The molecule has 2 aliphatic rings. The highest BCUT2D eigenvalue weighted by Gasteiger charge is 2.34. The number of halogens is 2. The maximum atomic E-state index is 13.5. The zero-order valence-corrected chi connectivity index (χ0v) is 18.9. The molecule has 6 nitrogen and oxygen atoms in total. The second-order valence-electron chi connectivity index (χ2n) is 8.55. The van der Waals surface area contributed by atoms with Crippen molar-refractivity contribution in [1.29, 1.82) is 0 Å². The van der Waals surface area contributed by atoms with Crippen molar-refractivity contribution in [2.75, 3.05) is 38.5 Å². The number of benzene rings is 3. The number of aliphatic imine (C=N–C) groups is 1. The van der Waals surface area contributed by atoms with Gasteiger partial charge in [-0.15, -0.1) is 0 Å². The largest absolute Gasteiger partial charge is 0.353 e. The summed E-state index contributed by atoms with van der Waals surface area (Å²) < 4.78 is 13.9. The Labute approximate surface area is 196 Å². The van der Waals surface area contributed by atoms with Crippen molar-refractivity contribution in [3.63, 3.8) is 0 Å². The van der Waals surface area contributed by atoms with Crippen LogP contribution < -0.4 is 10.7 Å². The molecule has 0 atom stereocenters. The van der Waals surface area contributed by atoms with E-state index < -0.39 is 5.82 Å². The monoisotopic (exact) mass is 464 g/mol. The number of rotatable bonds is 2. The second kappa shape index (κ2) is 8.50. The zero-order chi connectivity index (χ0) is 23.0. The Morgan fingerprint density at radius 1 is 1.06 bits per heavy atom. The van der Waals surface area contributed by atoms with Gasteiger partial charge in [0, 0.05) is 21.8 Å². The summed E-state index contributed by atoms with van der Waals surface area (Å²) in [6.07, 6.45) is 0. The van der Waals surface area contributed by atoms with E-state index in [0.717, 1.165) is 28.5 Å². The molecule has 3 aromatic carbocycles. The Hall–Kier alpha value is -3.42. The van der Waals surface area contributed by atoms with Crippen LogP contribution >= 0.6 is 11.6 Å². The van der Waals surface area contributed by atoms with Crippen LogP contribution in [0.15, 0.2) is 71.7 Å². The fourth-order valence-electron chi connectivity index (χ4n) is 4.22. The number of hydrogen-bond acceptors (Lipinski definition) is 4. The molecule has 0 spiro atoms. The highest BCUT2D eigenvalue weighted by Crippen LogP contribution is 2.36. The van der Waals surface area contributed by atoms with E-state index in [4.69, 9.17) is 16.6 Å². The van der Waals surface area contributed by atoms with Gasteiger partial charge in [0.1, 0.15) is 24.7 Å². The lowest BCUT2D eigenvalue weighted by molar-refractivity contribution is -0.946. The summed E-state index contributed by atoms with van der Waals surface area (Å²) >= 11 is 6.24. The number of nitrogens with one attached hydrogen (secondary N) is 2. The predicted molar refractivity (Wildman–Crippen MR) is 129 cm³/mol. The summed E-state index contributed by atoms with van der Waals surface area (Å²) in [5.74, 6) is 0.173. The lowest BCUT2D eigenvalue weighted by atomic mass is 10.1. The van der Waals surface area contributed by atoms with Gasteiger partial charge in [-0.2, -0.15) is 5.43 Å². The predicted octanol–water partition coefficient (Wildman–Crippen LogP) is 4.72. The highest BCUT2D eigenvalue weighted by atomic mass is 35.5. The van der Waals surface area contributed by atoms with Crippen LogP contribution in [0.1, 0.15) is 15.9 Å². The molecule has 0 aliphatic carbocycles. The van der Waals surface area contributed by atoms with Gasteiger partial charge in [-0.05, 0) is 48.5 Å². The molecule has 1 saturated heterocycles. The maximum Gasteiger partial charge on any atom is 0.296 e. The van der Waals surface area contributed by atoms with E-state index in [1.807, 2.05) is 43.4 Å². The molecular formula is C25H24ClFN5O+. The molecule has 2 aliphatic heterocycles. The number of anilines is 2. The molecule has 2 N–H and O–H groups in total. The lowest BCUT2D eigenvalue weighted by Gasteiger charge is -2.42. The Kier molecular flexibility index (Phi) is 5.52. The van der Waals surface area contributed by atoms with E-state index in [1.165, 1.54) is 12.1 Å². The van der Waals surface area contributed by atoms with Gasteiger partial charge in [-0.25, -0.2) is 14.0 Å².